The summed E-state index contributed by atoms with van der Waals surface area (Å²) in [5.41, 5.74) is 1.02. The van der Waals surface area contributed by atoms with E-state index in [1.54, 1.807) is 6.08 Å². The zero-order valence-corrected chi connectivity index (χ0v) is 7.99. The van der Waals surface area contributed by atoms with Gasteiger partial charge in [0.25, 0.3) is 0 Å². The quantitative estimate of drug-likeness (QED) is 0.694. The molecule has 2 nitrogen and oxygen atoms in total. The van der Waals surface area contributed by atoms with E-state index < -0.39 is 0 Å². The third-order valence-corrected chi connectivity index (χ3v) is 1.99. The number of rotatable bonds is 3. The van der Waals surface area contributed by atoms with Crippen LogP contribution in [0, 0.1) is 0 Å². The first-order chi connectivity index (χ1) is 6.24. The molecule has 0 fully saturated rings. The Labute approximate surface area is 78.9 Å². The van der Waals surface area contributed by atoms with E-state index in [2.05, 4.69) is 5.32 Å². The normalized spacial score (nSPS) is 14.2. The van der Waals surface area contributed by atoms with Crippen LogP contribution in [-0.4, -0.2) is 18.2 Å². The Kier molecular flexibility index (Phi) is 3.53. The van der Waals surface area contributed by atoms with Gasteiger partial charge in [0.05, 0.1) is 6.04 Å². The fourth-order valence-corrected chi connectivity index (χ4v) is 0.993. The predicted molar refractivity (Wildman–Crippen MR) is 55.6 cm³/mol. The first-order valence-corrected chi connectivity index (χ1v) is 4.37. The van der Waals surface area contributed by atoms with Crippen LogP contribution in [0.25, 0.3) is 6.08 Å². The molecule has 0 saturated carbocycles. The van der Waals surface area contributed by atoms with Gasteiger partial charge in [-0.05, 0) is 25.6 Å². The Balaban J connectivity index is 2.77. The fraction of sp³-hybridized carbons (Fsp3) is 0.273. The lowest BCUT2D eigenvalue weighted by Crippen LogP contribution is -2.23. The molecule has 0 aliphatic heterocycles. The summed E-state index contributed by atoms with van der Waals surface area (Å²) in [6.07, 6.45) is 1.77. The molecule has 1 rings (SSSR count). The second kappa shape index (κ2) is 4.67. The molecule has 0 aliphatic rings. The van der Waals surface area contributed by atoms with Crippen molar-refractivity contribution in [1.29, 1.82) is 0 Å². The number of hydrogen-bond acceptors (Lipinski definition) is 2. The summed E-state index contributed by atoms with van der Waals surface area (Å²) in [4.78, 5) is 0. The Morgan fingerprint density at radius 1 is 1.38 bits per heavy atom. The van der Waals surface area contributed by atoms with Crippen LogP contribution < -0.4 is 5.32 Å². The summed E-state index contributed by atoms with van der Waals surface area (Å²) in [5.74, 6) is 0.355. The smallest absolute Gasteiger partial charge is 0.109 e. The molecule has 13 heavy (non-hydrogen) atoms. The molecule has 0 aliphatic carbocycles. The maximum Gasteiger partial charge on any atom is 0.109 e. The van der Waals surface area contributed by atoms with Crippen molar-refractivity contribution in [2.24, 2.45) is 0 Å². The summed E-state index contributed by atoms with van der Waals surface area (Å²) in [7, 11) is 1.82. The van der Waals surface area contributed by atoms with Gasteiger partial charge in [-0.15, -0.1) is 0 Å². The van der Waals surface area contributed by atoms with Crippen LogP contribution in [0.15, 0.2) is 36.1 Å². The van der Waals surface area contributed by atoms with Crippen molar-refractivity contribution in [3.63, 3.8) is 0 Å². The highest BCUT2D eigenvalue weighted by atomic mass is 16.3. The van der Waals surface area contributed by atoms with Gasteiger partial charge in [0.1, 0.15) is 5.76 Å². The number of nitrogens with one attached hydrogen (secondary N) is 1. The second-order valence-corrected chi connectivity index (χ2v) is 2.99. The first kappa shape index (κ1) is 9.81. The maximum absolute atomic E-state index is 9.57. The Bertz CT molecular complexity index is 279. The molecule has 1 aromatic carbocycles. The zero-order valence-electron chi connectivity index (χ0n) is 7.99. The molecule has 1 atom stereocenters. The number of likely N-dealkylation sites (N-methyl/N-ethyl adjacent to an activating group) is 1. The van der Waals surface area contributed by atoms with Crippen molar-refractivity contribution >= 4 is 6.08 Å². The molecule has 0 amide bonds. The minimum absolute atomic E-state index is 0.000191. The average Bonchev–Trinajstić information content (AvgIpc) is 2.18. The van der Waals surface area contributed by atoms with Gasteiger partial charge < -0.3 is 10.4 Å². The van der Waals surface area contributed by atoms with Gasteiger partial charge in [-0.1, -0.05) is 30.3 Å². The lowest BCUT2D eigenvalue weighted by molar-refractivity contribution is 0.363. The fourth-order valence-electron chi connectivity index (χ4n) is 0.993. The van der Waals surface area contributed by atoms with Crippen molar-refractivity contribution in [1.82, 2.24) is 5.32 Å². The molecule has 0 spiro atoms. The predicted octanol–water partition coefficient (Wildman–Crippen LogP) is 2.19. The monoisotopic (exact) mass is 177 g/mol. The topological polar surface area (TPSA) is 32.3 Å². The largest absolute Gasteiger partial charge is 0.511 e. The molecule has 2 N–H and O–H groups in total. The van der Waals surface area contributed by atoms with Crippen LogP contribution in [-0.2, 0) is 0 Å². The van der Waals surface area contributed by atoms with E-state index in [-0.39, 0.29) is 6.04 Å². The van der Waals surface area contributed by atoms with Gasteiger partial charge in [0, 0.05) is 0 Å². The number of aliphatic hydroxyl groups is 1. The molecular weight excluding hydrogens is 162 g/mol. The second-order valence-electron chi connectivity index (χ2n) is 2.99. The molecule has 0 saturated heterocycles. The standard InChI is InChI=1S/C11H15NO/c1-9(12-2)11(13)8-10-6-4-3-5-7-10/h3-9,12-13H,1-2H3/t9-/m0/s1. The number of hydrogen-bond donors (Lipinski definition) is 2. The van der Waals surface area contributed by atoms with E-state index in [0.717, 1.165) is 5.56 Å². The van der Waals surface area contributed by atoms with Gasteiger partial charge in [0.2, 0.25) is 0 Å². The third-order valence-electron chi connectivity index (χ3n) is 1.99. The molecule has 0 heterocycles. The molecule has 0 bridgehead atoms. The summed E-state index contributed by atoms with van der Waals surface area (Å²) < 4.78 is 0. The lowest BCUT2D eigenvalue weighted by Gasteiger charge is -2.08. The van der Waals surface area contributed by atoms with E-state index in [0.29, 0.717) is 5.76 Å². The Morgan fingerprint density at radius 2 is 2.00 bits per heavy atom. The highest BCUT2D eigenvalue weighted by molar-refractivity contribution is 5.51. The van der Waals surface area contributed by atoms with E-state index >= 15 is 0 Å². The third kappa shape index (κ3) is 2.92. The zero-order chi connectivity index (χ0) is 9.68. The summed E-state index contributed by atoms with van der Waals surface area (Å²) in [5, 5.41) is 12.5. The molecule has 0 unspecified atom stereocenters. The van der Waals surface area contributed by atoms with Crippen LogP contribution >= 0.6 is 0 Å². The van der Waals surface area contributed by atoms with Gasteiger partial charge >= 0.3 is 0 Å². The molecule has 0 aromatic heterocycles. The van der Waals surface area contributed by atoms with Gasteiger partial charge in [-0.3, -0.25) is 0 Å². The molecule has 2 heteroatoms. The van der Waals surface area contributed by atoms with Crippen molar-refractivity contribution in [2.75, 3.05) is 7.05 Å². The van der Waals surface area contributed by atoms with Crippen LogP contribution in [0.5, 0.6) is 0 Å². The van der Waals surface area contributed by atoms with Crippen LogP contribution in [0.3, 0.4) is 0 Å². The molecule has 1 aromatic rings. The van der Waals surface area contributed by atoms with E-state index in [1.807, 2.05) is 44.3 Å². The minimum atomic E-state index is 0.000191. The average molecular weight is 177 g/mol. The van der Waals surface area contributed by atoms with E-state index in [9.17, 15) is 5.11 Å². The van der Waals surface area contributed by atoms with Crippen molar-refractivity contribution < 1.29 is 5.11 Å². The highest BCUT2D eigenvalue weighted by Crippen LogP contribution is 2.06. The highest BCUT2D eigenvalue weighted by Gasteiger charge is 2.02. The van der Waals surface area contributed by atoms with Crippen molar-refractivity contribution in [3.05, 3.63) is 41.7 Å². The summed E-state index contributed by atoms with van der Waals surface area (Å²) >= 11 is 0. The van der Waals surface area contributed by atoms with Crippen LogP contribution in [0.4, 0.5) is 0 Å². The Morgan fingerprint density at radius 3 is 2.54 bits per heavy atom. The summed E-state index contributed by atoms with van der Waals surface area (Å²) in [6, 6.07) is 9.76. The van der Waals surface area contributed by atoms with Crippen LogP contribution in [0.1, 0.15) is 12.5 Å². The minimum Gasteiger partial charge on any atom is -0.511 e. The molecular formula is C11H15NO. The first-order valence-electron chi connectivity index (χ1n) is 4.37. The summed E-state index contributed by atoms with van der Waals surface area (Å²) in [6.45, 7) is 1.91. The van der Waals surface area contributed by atoms with Crippen LogP contribution in [0.2, 0.25) is 0 Å². The van der Waals surface area contributed by atoms with Gasteiger partial charge in [-0.2, -0.15) is 0 Å². The van der Waals surface area contributed by atoms with Crippen molar-refractivity contribution in [2.45, 2.75) is 13.0 Å². The Hall–Kier alpha value is -1.28. The maximum atomic E-state index is 9.57. The SMILES string of the molecule is CN[C@@H](C)C(O)=Cc1ccccc1. The van der Waals surface area contributed by atoms with Gasteiger partial charge in [0.15, 0.2) is 0 Å². The van der Waals surface area contributed by atoms with Gasteiger partial charge in [-0.25, -0.2) is 0 Å². The van der Waals surface area contributed by atoms with E-state index in [1.165, 1.54) is 0 Å². The molecule has 70 valence electrons. The molecule has 0 radical (unpaired) electrons. The van der Waals surface area contributed by atoms with Crippen molar-refractivity contribution in [3.8, 4) is 0 Å². The number of benzene rings is 1. The number of aliphatic hydroxyl groups excluding tert-OH is 1. The lowest BCUT2D eigenvalue weighted by atomic mass is 10.1. The van der Waals surface area contributed by atoms with E-state index in [4.69, 9.17) is 0 Å².